The summed E-state index contributed by atoms with van der Waals surface area (Å²) in [6.07, 6.45) is 0. The second kappa shape index (κ2) is 4.07. The number of carbonyl (C=O) groups is 1. The average molecular weight is 286 g/mol. The number of fused-ring (bicyclic) bond motifs is 2. The number of hydrogen-bond acceptors (Lipinski definition) is 5. The molecule has 0 unspecified atom stereocenters. The minimum Gasteiger partial charge on any atom is -0.493 e. The fourth-order valence-corrected chi connectivity index (χ4v) is 2.75. The van der Waals surface area contributed by atoms with Crippen molar-refractivity contribution in [2.24, 2.45) is 0 Å². The van der Waals surface area contributed by atoms with Gasteiger partial charge in [0.1, 0.15) is 11.4 Å². The lowest BCUT2D eigenvalue weighted by Crippen LogP contribution is -2.57. The van der Waals surface area contributed by atoms with Crippen molar-refractivity contribution >= 4 is 28.2 Å². The van der Waals surface area contributed by atoms with E-state index in [1.807, 2.05) is 31.9 Å². The second-order valence-corrected chi connectivity index (χ2v) is 5.93. The lowest BCUT2D eigenvalue weighted by atomic mass is 9.95. The number of nitrogens with zero attached hydrogens (tertiary/aromatic N) is 4. The molecule has 1 amide bonds. The first-order valence-corrected chi connectivity index (χ1v) is 6.77. The molecule has 21 heavy (non-hydrogen) atoms. The third-order valence-corrected chi connectivity index (χ3v) is 4.27. The summed E-state index contributed by atoms with van der Waals surface area (Å²) in [4.78, 5) is 24.4. The SMILES string of the molecule is Cc1nc(O)c2cc3c(cc2n1)N(C)C(C)(C)C(=O)N3C. The predicted molar refractivity (Wildman–Crippen MR) is 81.8 cm³/mol. The lowest BCUT2D eigenvalue weighted by molar-refractivity contribution is -0.122. The highest BCUT2D eigenvalue weighted by Crippen LogP contribution is 2.41. The van der Waals surface area contributed by atoms with Crippen LogP contribution in [-0.4, -0.2) is 40.6 Å². The smallest absolute Gasteiger partial charge is 0.252 e. The molecule has 1 aliphatic heterocycles. The fraction of sp³-hybridized carbons (Fsp3) is 0.400. The first kappa shape index (κ1) is 13.6. The van der Waals surface area contributed by atoms with Gasteiger partial charge in [0.15, 0.2) is 0 Å². The molecule has 0 bridgehead atoms. The quantitative estimate of drug-likeness (QED) is 0.800. The average Bonchev–Trinajstić information content (AvgIpc) is 2.42. The van der Waals surface area contributed by atoms with Gasteiger partial charge in [0.05, 0.1) is 22.3 Å². The Labute approximate surface area is 123 Å². The Kier molecular flexibility index (Phi) is 2.63. The van der Waals surface area contributed by atoms with Crippen molar-refractivity contribution in [3.05, 3.63) is 18.0 Å². The number of aromatic nitrogens is 2. The van der Waals surface area contributed by atoms with Crippen molar-refractivity contribution in [1.29, 1.82) is 0 Å². The van der Waals surface area contributed by atoms with E-state index in [1.165, 1.54) is 0 Å². The highest BCUT2D eigenvalue weighted by atomic mass is 16.3. The Hall–Kier alpha value is -2.37. The summed E-state index contributed by atoms with van der Waals surface area (Å²) >= 11 is 0. The first-order chi connectivity index (χ1) is 9.73. The van der Waals surface area contributed by atoms with Crippen LogP contribution in [0.1, 0.15) is 19.7 Å². The van der Waals surface area contributed by atoms with Crippen molar-refractivity contribution < 1.29 is 9.90 Å². The molecule has 0 saturated carbocycles. The molecule has 110 valence electrons. The van der Waals surface area contributed by atoms with Gasteiger partial charge in [-0.05, 0) is 32.9 Å². The maximum atomic E-state index is 12.5. The predicted octanol–water partition coefficient (Wildman–Crippen LogP) is 1.84. The van der Waals surface area contributed by atoms with Gasteiger partial charge < -0.3 is 14.9 Å². The van der Waals surface area contributed by atoms with Gasteiger partial charge in [-0.3, -0.25) is 4.79 Å². The van der Waals surface area contributed by atoms with Gasteiger partial charge in [0, 0.05) is 14.1 Å². The van der Waals surface area contributed by atoms with Crippen LogP contribution in [0.4, 0.5) is 11.4 Å². The van der Waals surface area contributed by atoms with Crippen molar-refractivity contribution in [1.82, 2.24) is 9.97 Å². The number of aromatic hydroxyl groups is 1. The summed E-state index contributed by atoms with van der Waals surface area (Å²) in [6, 6.07) is 3.66. The first-order valence-electron chi connectivity index (χ1n) is 6.77. The molecule has 6 heteroatoms. The molecule has 1 N–H and O–H groups in total. The third-order valence-electron chi connectivity index (χ3n) is 4.27. The fourth-order valence-electron chi connectivity index (χ4n) is 2.75. The summed E-state index contributed by atoms with van der Waals surface area (Å²) in [5.41, 5.74) is 1.70. The zero-order valence-electron chi connectivity index (χ0n) is 12.8. The second-order valence-electron chi connectivity index (χ2n) is 5.93. The monoisotopic (exact) mass is 286 g/mol. The van der Waals surface area contributed by atoms with E-state index < -0.39 is 5.54 Å². The Balaban J connectivity index is 2.35. The van der Waals surface area contributed by atoms with Crippen molar-refractivity contribution in [3.8, 4) is 5.88 Å². The number of aryl methyl sites for hydroxylation is 1. The standard InChI is InChI=1S/C15H18N4O2/c1-8-16-10-7-12-11(6-9(10)13(20)17-8)18(4)14(21)15(2,3)19(12)5/h6-7H,1-5H3,(H,16,17,20). The number of carbonyl (C=O) groups excluding carboxylic acids is 1. The van der Waals surface area contributed by atoms with Crippen molar-refractivity contribution in [3.63, 3.8) is 0 Å². The normalized spacial score (nSPS) is 17.3. The Morgan fingerprint density at radius 1 is 1.14 bits per heavy atom. The summed E-state index contributed by atoms with van der Waals surface area (Å²) in [5.74, 6) is 0.458. The molecule has 0 radical (unpaired) electrons. The van der Waals surface area contributed by atoms with Crippen LogP contribution in [0.5, 0.6) is 5.88 Å². The molecule has 0 aliphatic carbocycles. The van der Waals surface area contributed by atoms with Crippen LogP contribution in [0.25, 0.3) is 10.9 Å². The Bertz CT molecular complexity index is 770. The number of anilines is 2. The maximum Gasteiger partial charge on any atom is 0.252 e. The molecule has 0 saturated heterocycles. The highest BCUT2D eigenvalue weighted by molar-refractivity contribution is 6.10. The summed E-state index contributed by atoms with van der Waals surface area (Å²) in [5, 5.41) is 10.6. The molecule has 0 spiro atoms. The van der Waals surface area contributed by atoms with Crippen molar-refractivity contribution in [2.45, 2.75) is 26.3 Å². The lowest BCUT2D eigenvalue weighted by Gasteiger charge is -2.45. The van der Waals surface area contributed by atoms with Gasteiger partial charge >= 0.3 is 0 Å². The van der Waals surface area contributed by atoms with Gasteiger partial charge in [-0.2, -0.15) is 4.98 Å². The number of benzene rings is 1. The van der Waals surface area contributed by atoms with Crippen LogP contribution >= 0.6 is 0 Å². The van der Waals surface area contributed by atoms with Crippen LogP contribution in [0.3, 0.4) is 0 Å². The molecular formula is C15H18N4O2. The number of amides is 1. The number of hydrogen-bond donors (Lipinski definition) is 1. The molecule has 3 rings (SSSR count). The molecule has 0 atom stereocenters. The van der Waals surface area contributed by atoms with E-state index in [-0.39, 0.29) is 11.8 Å². The molecule has 2 heterocycles. The van der Waals surface area contributed by atoms with Crippen LogP contribution < -0.4 is 9.80 Å². The minimum atomic E-state index is -0.625. The van der Waals surface area contributed by atoms with Gasteiger partial charge in [-0.25, -0.2) is 4.98 Å². The third kappa shape index (κ3) is 1.75. The highest BCUT2D eigenvalue weighted by Gasteiger charge is 2.41. The molecule has 6 nitrogen and oxygen atoms in total. The van der Waals surface area contributed by atoms with E-state index in [2.05, 4.69) is 9.97 Å². The number of likely N-dealkylation sites (N-methyl/N-ethyl adjacent to an activating group) is 2. The van der Waals surface area contributed by atoms with Crippen LogP contribution in [0.15, 0.2) is 12.1 Å². The Morgan fingerprint density at radius 2 is 1.81 bits per heavy atom. The summed E-state index contributed by atoms with van der Waals surface area (Å²) < 4.78 is 0. The van der Waals surface area contributed by atoms with E-state index in [0.29, 0.717) is 16.7 Å². The van der Waals surface area contributed by atoms with Crippen molar-refractivity contribution in [2.75, 3.05) is 23.9 Å². The zero-order chi connectivity index (χ0) is 15.5. The zero-order valence-corrected chi connectivity index (χ0v) is 12.8. The van der Waals surface area contributed by atoms with Gasteiger partial charge in [0.2, 0.25) is 5.88 Å². The van der Waals surface area contributed by atoms with E-state index in [9.17, 15) is 9.90 Å². The number of rotatable bonds is 0. The molecule has 0 fully saturated rings. The van der Waals surface area contributed by atoms with Gasteiger partial charge in [0.25, 0.3) is 5.91 Å². The van der Waals surface area contributed by atoms with Crippen LogP contribution in [0.2, 0.25) is 0 Å². The molecule has 1 aromatic heterocycles. The Morgan fingerprint density at radius 3 is 2.48 bits per heavy atom. The summed E-state index contributed by atoms with van der Waals surface area (Å²) in [7, 11) is 3.64. The molecule has 1 aliphatic rings. The van der Waals surface area contributed by atoms with E-state index >= 15 is 0 Å². The topological polar surface area (TPSA) is 69.6 Å². The van der Waals surface area contributed by atoms with E-state index in [0.717, 1.165) is 11.4 Å². The molecular weight excluding hydrogens is 268 g/mol. The van der Waals surface area contributed by atoms with Crippen LogP contribution in [0, 0.1) is 6.92 Å². The largest absolute Gasteiger partial charge is 0.493 e. The summed E-state index contributed by atoms with van der Waals surface area (Å²) in [6.45, 7) is 5.52. The molecule has 2 aromatic rings. The minimum absolute atomic E-state index is 0.00405. The maximum absolute atomic E-state index is 12.5. The molecule has 1 aromatic carbocycles. The van der Waals surface area contributed by atoms with Crippen LogP contribution in [-0.2, 0) is 4.79 Å². The van der Waals surface area contributed by atoms with E-state index in [4.69, 9.17) is 0 Å². The van der Waals surface area contributed by atoms with Gasteiger partial charge in [-0.1, -0.05) is 0 Å². The van der Waals surface area contributed by atoms with Gasteiger partial charge in [-0.15, -0.1) is 0 Å². The van der Waals surface area contributed by atoms with E-state index in [1.54, 1.807) is 24.9 Å².